The molecular weight excluding hydrogens is 466 g/mol. The van der Waals surface area contributed by atoms with Crippen molar-refractivity contribution in [2.75, 3.05) is 0 Å². The third-order valence-electron chi connectivity index (χ3n) is 7.12. The predicted molar refractivity (Wildman–Crippen MR) is 117 cm³/mol. The Bertz CT molecular complexity index is 870. The molecule has 4 aliphatic rings. The van der Waals surface area contributed by atoms with Crippen LogP contribution in [0.2, 0.25) is 0 Å². The Labute approximate surface area is 178 Å². The number of hydrogen-bond donors (Lipinski definition) is 1. The maximum absolute atomic E-state index is 6.20. The maximum atomic E-state index is 6.20. The van der Waals surface area contributed by atoms with Crippen LogP contribution >= 0.6 is 31.9 Å². The third-order valence-corrected chi connectivity index (χ3v) is 8.27. The van der Waals surface area contributed by atoms with Gasteiger partial charge in [0.2, 0.25) is 0 Å². The van der Waals surface area contributed by atoms with Crippen LogP contribution in [-0.4, -0.2) is 5.54 Å². The minimum absolute atomic E-state index is 0.314. The van der Waals surface area contributed by atoms with Gasteiger partial charge in [0.15, 0.2) is 0 Å². The van der Waals surface area contributed by atoms with Gasteiger partial charge in [-0.2, -0.15) is 0 Å². The molecule has 6 rings (SSSR count). The van der Waals surface area contributed by atoms with Crippen LogP contribution in [0, 0.1) is 16.7 Å². The second-order valence-electron chi connectivity index (χ2n) is 10.2. The molecule has 4 bridgehead atoms. The molecule has 144 valence electrons. The van der Waals surface area contributed by atoms with Crippen molar-refractivity contribution >= 4 is 31.9 Å². The van der Waals surface area contributed by atoms with Crippen molar-refractivity contribution in [3.63, 3.8) is 0 Å². The molecule has 2 nitrogen and oxygen atoms in total. The lowest BCUT2D eigenvalue weighted by Gasteiger charge is -2.65. The van der Waals surface area contributed by atoms with Gasteiger partial charge in [-0.1, -0.05) is 29.8 Å². The van der Waals surface area contributed by atoms with Crippen molar-refractivity contribution in [3.05, 3.63) is 45.0 Å². The first-order valence-electron chi connectivity index (χ1n) is 10.0. The van der Waals surface area contributed by atoms with Crippen LogP contribution in [0.1, 0.15) is 58.1 Å². The largest absolute Gasteiger partial charge is 0.460 e. The van der Waals surface area contributed by atoms with E-state index < -0.39 is 0 Å². The molecule has 4 heteroatoms. The van der Waals surface area contributed by atoms with Crippen molar-refractivity contribution in [1.29, 1.82) is 0 Å². The Morgan fingerprint density at radius 1 is 1.00 bits per heavy atom. The SMILES string of the molecule is CC12CC3CC(C)(C1)CC(NCc1ccc(-c4ccc(Br)cc4Br)o1)(C3)C2. The summed E-state index contributed by atoms with van der Waals surface area (Å²) in [6.45, 7) is 5.89. The Balaban J connectivity index is 1.33. The number of benzene rings is 1. The van der Waals surface area contributed by atoms with Crippen molar-refractivity contribution in [2.45, 2.75) is 64.5 Å². The van der Waals surface area contributed by atoms with Crippen molar-refractivity contribution in [3.8, 4) is 11.3 Å². The molecule has 4 aliphatic carbocycles. The van der Waals surface area contributed by atoms with Crippen LogP contribution in [0.3, 0.4) is 0 Å². The zero-order valence-electron chi connectivity index (χ0n) is 16.1. The molecule has 27 heavy (non-hydrogen) atoms. The van der Waals surface area contributed by atoms with Crippen molar-refractivity contribution in [1.82, 2.24) is 5.32 Å². The van der Waals surface area contributed by atoms with Crippen LogP contribution in [0.5, 0.6) is 0 Å². The van der Waals surface area contributed by atoms with E-state index in [9.17, 15) is 0 Å². The van der Waals surface area contributed by atoms with E-state index in [1.165, 1.54) is 38.5 Å². The van der Waals surface area contributed by atoms with E-state index in [1.54, 1.807) is 0 Å². The van der Waals surface area contributed by atoms with Gasteiger partial charge in [-0.15, -0.1) is 0 Å². The van der Waals surface area contributed by atoms with Crippen LogP contribution in [0.25, 0.3) is 11.3 Å². The monoisotopic (exact) mass is 491 g/mol. The second-order valence-corrected chi connectivity index (χ2v) is 11.9. The molecule has 4 saturated carbocycles. The molecule has 2 unspecified atom stereocenters. The van der Waals surface area contributed by atoms with Crippen molar-refractivity contribution < 1.29 is 4.42 Å². The second kappa shape index (κ2) is 6.21. The van der Waals surface area contributed by atoms with Gasteiger partial charge in [0.25, 0.3) is 0 Å². The molecule has 0 spiro atoms. The van der Waals surface area contributed by atoms with Gasteiger partial charge in [-0.3, -0.25) is 0 Å². The van der Waals surface area contributed by atoms with Gasteiger partial charge in [0.05, 0.1) is 6.54 Å². The molecule has 0 radical (unpaired) electrons. The van der Waals surface area contributed by atoms with E-state index in [1.807, 2.05) is 0 Å². The molecule has 4 fully saturated rings. The minimum atomic E-state index is 0.314. The average Bonchev–Trinajstić information content (AvgIpc) is 2.98. The van der Waals surface area contributed by atoms with Gasteiger partial charge in [-0.25, -0.2) is 0 Å². The highest BCUT2D eigenvalue weighted by Gasteiger charge is 2.59. The summed E-state index contributed by atoms with van der Waals surface area (Å²) >= 11 is 7.16. The maximum Gasteiger partial charge on any atom is 0.135 e. The molecule has 1 heterocycles. The molecule has 2 atom stereocenters. The van der Waals surface area contributed by atoms with Gasteiger partial charge >= 0.3 is 0 Å². The highest BCUT2D eigenvalue weighted by Crippen LogP contribution is 2.66. The van der Waals surface area contributed by atoms with E-state index in [2.05, 4.69) is 81.4 Å². The summed E-state index contributed by atoms with van der Waals surface area (Å²) in [6.07, 6.45) is 8.31. The first-order chi connectivity index (χ1) is 12.8. The quantitative estimate of drug-likeness (QED) is 0.483. The molecule has 2 aromatic rings. The van der Waals surface area contributed by atoms with E-state index in [0.717, 1.165) is 38.5 Å². The van der Waals surface area contributed by atoms with E-state index in [4.69, 9.17) is 4.42 Å². The number of nitrogens with one attached hydrogen (secondary N) is 1. The standard InChI is InChI=1S/C23H27Br2NO/c1-21-8-15-9-22(2,12-21)14-23(10-15,13-21)26-11-17-4-6-20(27-17)18-5-3-16(24)7-19(18)25/h3-7,15,26H,8-14H2,1-2H3. The summed E-state index contributed by atoms with van der Waals surface area (Å²) in [6, 6.07) is 10.4. The summed E-state index contributed by atoms with van der Waals surface area (Å²) in [7, 11) is 0. The summed E-state index contributed by atoms with van der Waals surface area (Å²) < 4.78 is 8.31. The van der Waals surface area contributed by atoms with Crippen LogP contribution in [-0.2, 0) is 6.54 Å². The molecule has 0 saturated heterocycles. The van der Waals surface area contributed by atoms with Crippen LogP contribution in [0.4, 0.5) is 0 Å². The fourth-order valence-electron chi connectivity index (χ4n) is 7.23. The van der Waals surface area contributed by atoms with Gasteiger partial charge in [-0.05, 0) is 102 Å². The fourth-order valence-corrected chi connectivity index (χ4v) is 8.47. The lowest BCUT2D eigenvalue weighted by molar-refractivity contribution is -0.118. The molecule has 1 aromatic heterocycles. The highest BCUT2D eigenvalue weighted by molar-refractivity contribution is 9.11. The molecule has 1 N–H and O–H groups in total. The lowest BCUT2D eigenvalue weighted by atomic mass is 9.43. The van der Waals surface area contributed by atoms with Gasteiger partial charge in [0.1, 0.15) is 11.5 Å². The molecule has 0 amide bonds. The Morgan fingerprint density at radius 2 is 1.74 bits per heavy atom. The fraction of sp³-hybridized carbons (Fsp3) is 0.565. The van der Waals surface area contributed by atoms with Gasteiger partial charge in [0, 0.05) is 20.0 Å². The third kappa shape index (κ3) is 3.36. The highest BCUT2D eigenvalue weighted by atomic mass is 79.9. The number of halogens is 2. The number of hydrogen-bond acceptors (Lipinski definition) is 2. The summed E-state index contributed by atoms with van der Waals surface area (Å²) in [5.41, 5.74) is 2.49. The summed E-state index contributed by atoms with van der Waals surface area (Å²) in [5, 5.41) is 3.97. The predicted octanol–water partition coefficient (Wildman–Crippen LogP) is 7.31. The summed E-state index contributed by atoms with van der Waals surface area (Å²) in [5.74, 6) is 2.87. The topological polar surface area (TPSA) is 25.2 Å². The van der Waals surface area contributed by atoms with E-state index in [0.29, 0.717) is 16.4 Å². The Morgan fingerprint density at radius 3 is 2.41 bits per heavy atom. The zero-order chi connectivity index (χ0) is 18.9. The normalized spacial score (nSPS) is 37.1. The Hall–Kier alpha value is -0.580. The van der Waals surface area contributed by atoms with E-state index in [-0.39, 0.29) is 0 Å². The first-order valence-corrected chi connectivity index (χ1v) is 11.6. The minimum Gasteiger partial charge on any atom is -0.460 e. The molecular formula is C23H27Br2NO. The average molecular weight is 493 g/mol. The lowest BCUT2D eigenvalue weighted by Crippen LogP contribution is -2.63. The Kier molecular flexibility index (Phi) is 4.24. The molecule has 0 aliphatic heterocycles. The first kappa shape index (κ1) is 18.4. The molecule has 1 aromatic carbocycles. The summed E-state index contributed by atoms with van der Waals surface area (Å²) in [4.78, 5) is 0. The van der Waals surface area contributed by atoms with Gasteiger partial charge < -0.3 is 9.73 Å². The van der Waals surface area contributed by atoms with Crippen LogP contribution in [0.15, 0.2) is 43.7 Å². The van der Waals surface area contributed by atoms with Crippen molar-refractivity contribution in [2.24, 2.45) is 16.7 Å². The smallest absolute Gasteiger partial charge is 0.135 e. The number of furan rings is 1. The van der Waals surface area contributed by atoms with Crippen LogP contribution < -0.4 is 5.32 Å². The number of rotatable bonds is 4. The zero-order valence-corrected chi connectivity index (χ0v) is 19.3. The van der Waals surface area contributed by atoms with E-state index >= 15 is 0 Å².